The van der Waals surface area contributed by atoms with Crippen molar-refractivity contribution in [3.8, 4) is 23.1 Å². The van der Waals surface area contributed by atoms with Crippen LogP contribution < -0.4 is 9.64 Å². The molecule has 3 aromatic rings. The van der Waals surface area contributed by atoms with E-state index in [2.05, 4.69) is 15.1 Å². The van der Waals surface area contributed by atoms with Gasteiger partial charge in [-0.25, -0.2) is 4.68 Å². The second-order valence-electron chi connectivity index (χ2n) is 7.34. The topological polar surface area (TPSA) is 106 Å². The molecular formula is C21H22F3N5O4. The fourth-order valence-electron chi connectivity index (χ4n) is 3.22. The lowest BCUT2D eigenvalue weighted by molar-refractivity contribution is -0.137. The van der Waals surface area contributed by atoms with Crippen LogP contribution in [0.3, 0.4) is 0 Å². The van der Waals surface area contributed by atoms with Gasteiger partial charge >= 0.3 is 12.2 Å². The monoisotopic (exact) mass is 465 g/mol. The van der Waals surface area contributed by atoms with Crippen LogP contribution in [0.5, 0.6) is 6.01 Å². The van der Waals surface area contributed by atoms with Gasteiger partial charge in [0.1, 0.15) is 18.5 Å². The van der Waals surface area contributed by atoms with Crippen LogP contribution in [0, 0.1) is 0 Å². The lowest BCUT2D eigenvalue weighted by atomic mass is 10.1. The maximum absolute atomic E-state index is 13.1. The van der Waals surface area contributed by atoms with Crippen LogP contribution in [-0.4, -0.2) is 75.6 Å². The van der Waals surface area contributed by atoms with Gasteiger partial charge in [0.25, 0.3) is 0 Å². The third kappa shape index (κ3) is 5.59. The van der Waals surface area contributed by atoms with E-state index >= 15 is 0 Å². The van der Waals surface area contributed by atoms with E-state index in [1.54, 1.807) is 24.4 Å². The summed E-state index contributed by atoms with van der Waals surface area (Å²) in [7, 11) is 0. The number of aliphatic hydroxyl groups excluding tert-OH is 2. The van der Waals surface area contributed by atoms with Gasteiger partial charge in [0.05, 0.1) is 31.1 Å². The van der Waals surface area contributed by atoms with E-state index in [9.17, 15) is 18.3 Å². The maximum Gasteiger partial charge on any atom is 0.416 e. The van der Waals surface area contributed by atoms with Gasteiger partial charge in [0.15, 0.2) is 5.82 Å². The molecule has 0 saturated carbocycles. The van der Waals surface area contributed by atoms with Crippen LogP contribution >= 0.6 is 0 Å². The van der Waals surface area contributed by atoms with Crippen LogP contribution in [-0.2, 0) is 10.9 Å². The molecule has 3 heterocycles. The fourth-order valence-corrected chi connectivity index (χ4v) is 3.22. The molecule has 1 saturated heterocycles. The van der Waals surface area contributed by atoms with Crippen LogP contribution in [0.1, 0.15) is 5.56 Å². The number of aromatic nitrogens is 4. The normalized spacial score (nSPS) is 15.5. The van der Waals surface area contributed by atoms with E-state index < -0.39 is 24.5 Å². The van der Waals surface area contributed by atoms with E-state index in [1.807, 2.05) is 4.90 Å². The third-order valence-corrected chi connectivity index (χ3v) is 4.94. The minimum atomic E-state index is -4.45. The van der Waals surface area contributed by atoms with Crippen molar-refractivity contribution in [1.29, 1.82) is 0 Å². The highest BCUT2D eigenvalue weighted by molar-refractivity contribution is 5.60. The highest BCUT2D eigenvalue weighted by Gasteiger charge is 2.30. The standard InChI is InChI=1S/C21H22F3N5O4/c22-21(23,24)15-3-1-2-14(10-15)17-4-5-29(27-17)19-11-18(28-6-8-32-9-7-28)25-20(26-19)33-13-16(31)12-30/h1-5,10-11,16,30-31H,6-9,12-13H2. The molecule has 9 nitrogen and oxygen atoms in total. The Bertz CT molecular complexity index is 1090. The molecule has 4 rings (SSSR count). The summed E-state index contributed by atoms with van der Waals surface area (Å²) in [6.07, 6.45) is -3.97. The Kier molecular flexibility index (Phi) is 6.77. The van der Waals surface area contributed by atoms with Crippen LogP contribution in [0.2, 0.25) is 0 Å². The predicted molar refractivity (Wildman–Crippen MR) is 111 cm³/mol. The molecule has 1 aromatic carbocycles. The first-order valence-corrected chi connectivity index (χ1v) is 10.2. The van der Waals surface area contributed by atoms with Crippen molar-refractivity contribution in [2.45, 2.75) is 12.3 Å². The molecule has 0 radical (unpaired) electrons. The molecule has 1 aliphatic heterocycles. The third-order valence-electron chi connectivity index (χ3n) is 4.94. The Labute approximate surface area is 187 Å². The van der Waals surface area contributed by atoms with Crippen LogP contribution in [0.4, 0.5) is 19.0 Å². The number of ether oxygens (including phenoxy) is 2. The molecule has 2 aromatic heterocycles. The number of aliphatic hydroxyl groups is 2. The Morgan fingerprint density at radius 2 is 1.85 bits per heavy atom. The first-order valence-electron chi connectivity index (χ1n) is 10.2. The predicted octanol–water partition coefficient (Wildman–Crippen LogP) is 1.92. The summed E-state index contributed by atoms with van der Waals surface area (Å²) in [6.45, 7) is 1.57. The Balaban J connectivity index is 1.66. The van der Waals surface area contributed by atoms with Crippen molar-refractivity contribution >= 4 is 5.82 Å². The minimum Gasteiger partial charge on any atom is -0.461 e. The zero-order valence-corrected chi connectivity index (χ0v) is 17.4. The molecule has 1 fully saturated rings. The smallest absolute Gasteiger partial charge is 0.416 e. The maximum atomic E-state index is 13.1. The first kappa shape index (κ1) is 23.0. The quantitative estimate of drug-likeness (QED) is 0.545. The number of hydrogen-bond acceptors (Lipinski definition) is 8. The van der Waals surface area contributed by atoms with Gasteiger partial charge in [-0.15, -0.1) is 0 Å². The second-order valence-corrected chi connectivity index (χ2v) is 7.34. The van der Waals surface area contributed by atoms with Crippen molar-refractivity contribution in [3.63, 3.8) is 0 Å². The van der Waals surface area contributed by atoms with E-state index in [0.717, 1.165) is 12.1 Å². The number of hydrogen-bond donors (Lipinski definition) is 2. The highest BCUT2D eigenvalue weighted by atomic mass is 19.4. The molecule has 1 atom stereocenters. The zero-order valence-electron chi connectivity index (χ0n) is 17.4. The number of nitrogens with zero attached hydrogens (tertiary/aromatic N) is 5. The summed E-state index contributed by atoms with van der Waals surface area (Å²) < 4.78 is 51.4. The Morgan fingerprint density at radius 3 is 2.58 bits per heavy atom. The summed E-state index contributed by atoms with van der Waals surface area (Å²) in [5.41, 5.74) is -0.108. The Morgan fingerprint density at radius 1 is 1.09 bits per heavy atom. The van der Waals surface area contributed by atoms with Crippen molar-refractivity contribution < 1.29 is 32.9 Å². The first-order chi connectivity index (χ1) is 15.8. The molecule has 0 aliphatic carbocycles. The average Bonchev–Trinajstić information content (AvgIpc) is 3.33. The van der Waals surface area contributed by atoms with Gasteiger partial charge in [0, 0.05) is 30.9 Å². The number of benzene rings is 1. The van der Waals surface area contributed by atoms with Gasteiger partial charge in [0.2, 0.25) is 0 Å². The molecule has 0 bridgehead atoms. The lowest BCUT2D eigenvalue weighted by Gasteiger charge is -2.28. The lowest BCUT2D eigenvalue weighted by Crippen LogP contribution is -2.37. The number of halogens is 3. The molecular weight excluding hydrogens is 443 g/mol. The molecule has 1 unspecified atom stereocenters. The summed E-state index contributed by atoms with van der Waals surface area (Å²) in [5, 5.41) is 23.0. The van der Waals surface area contributed by atoms with E-state index in [4.69, 9.17) is 14.6 Å². The number of rotatable bonds is 7. The molecule has 1 aliphatic rings. The number of anilines is 1. The number of morpholine rings is 1. The summed E-state index contributed by atoms with van der Waals surface area (Å²) >= 11 is 0. The summed E-state index contributed by atoms with van der Waals surface area (Å²) in [6, 6.07) is 8.16. The fraction of sp³-hybridized carbons (Fsp3) is 0.381. The SMILES string of the molecule is OCC(O)COc1nc(N2CCOCC2)cc(-n2ccc(-c3cccc(C(F)(F)F)c3)n2)n1. The second kappa shape index (κ2) is 9.73. The molecule has 176 valence electrons. The van der Waals surface area contributed by atoms with Gasteiger partial charge < -0.3 is 24.6 Å². The molecule has 12 heteroatoms. The van der Waals surface area contributed by atoms with Gasteiger partial charge in [-0.3, -0.25) is 0 Å². The Hall–Kier alpha value is -3.22. The van der Waals surface area contributed by atoms with Crippen molar-refractivity contribution in [2.75, 3.05) is 44.4 Å². The summed E-state index contributed by atoms with van der Waals surface area (Å²) in [5.74, 6) is 0.881. The average molecular weight is 465 g/mol. The summed E-state index contributed by atoms with van der Waals surface area (Å²) in [4.78, 5) is 10.6. The van der Waals surface area contributed by atoms with Crippen molar-refractivity contribution in [3.05, 3.63) is 48.2 Å². The van der Waals surface area contributed by atoms with Gasteiger partial charge in [-0.2, -0.15) is 28.2 Å². The molecule has 33 heavy (non-hydrogen) atoms. The van der Waals surface area contributed by atoms with Crippen LogP contribution in [0.25, 0.3) is 17.1 Å². The molecule has 2 N–H and O–H groups in total. The zero-order chi connectivity index (χ0) is 23.4. The van der Waals surface area contributed by atoms with E-state index in [-0.39, 0.29) is 12.6 Å². The van der Waals surface area contributed by atoms with Gasteiger partial charge in [-0.05, 0) is 18.2 Å². The highest BCUT2D eigenvalue weighted by Crippen LogP contribution is 2.32. The minimum absolute atomic E-state index is 0.0300. The van der Waals surface area contributed by atoms with Crippen molar-refractivity contribution in [1.82, 2.24) is 19.7 Å². The van der Waals surface area contributed by atoms with Crippen molar-refractivity contribution in [2.24, 2.45) is 0 Å². The molecule has 0 spiro atoms. The van der Waals surface area contributed by atoms with E-state index in [0.29, 0.717) is 49.2 Å². The van der Waals surface area contributed by atoms with E-state index in [1.165, 1.54) is 10.7 Å². The number of alkyl halides is 3. The van der Waals surface area contributed by atoms with Crippen LogP contribution in [0.15, 0.2) is 42.6 Å². The molecule has 0 amide bonds. The van der Waals surface area contributed by atoms with Gasteiger partial charge in [-0.1, -0.05) is 12.1 Å². The largest absolute Gasteiger partial charge is 0.461 e.